The van der Waals surface area contributed by atoms with Crippen molar-refractivity contribution in [3.63, 3.8) is 0 Å². The van der Waals surface area contributed by atoms with Crippen molar-refractivity contribution < 1.29 is 19.1 Å². The zero-order valence-corrected chi connectivity index (χ0v) is 18.8. The lowest BCUT2D eigenvalue weighted by Crippen LogP contribution is -2.44. The molecule has 0 bridgehead atoms. The van der Waals surface area contributed by atoms with Crippen LogP contribution in [0.15, 0.2) is 47.6 Å². The number of carbonyl (C=O) groups is 2. The summed E-state index contributed by atoms with van der Waals surface area (Å²) in [5, 5.41) is 5.57. The number of rotatable bonds is 5. The maximum atomic E-state index is 13.2. The van der Waals surface area contributed by atoms with Gasteiger partial charge in [0.1, 0.15) is 6.54 Å². The number of nitrogens with zero attached hydrogens (tertiary/aromatic N) is 4. The average molecular weight is 449 g/mol. The number of fused-ring (bicyclic) bond motifs is 1. The first-order chi connectivity index (χ1) is 16.1. The Balaban J connectivity index is 1.31. The van der Waals surface area contributed by atoms with Crippen LogP contribution in [0.3, 0.4) is 0 Å². The zero-order chi connectivity index (χ0) is 22.8. The number of hydrazone groups is 1. The molecule has 33 heavy (non-hydrogen) atoms. The molecule has 8 nitrogen and oxygen atoms in total. The van der Waals surface area contributed by atoms with Gasteiger partial charge in [0.15, 0.2) is 6.61 Å². The van der Waals surface area contributed by atoms with E-state index in [9.17, 15) is 9.59 Å². The Morgan fingerprint density at radius 1 is 1.06 bits per heavy atom. The normalized spacial score (nSPS) is 18.7. The van der Waals surface area contributed by atoms with Crippen LogP contribution in [0.2, 0.25) is 0 Å². The molecule has 3 aliphatic heterocycles. The molecule has 1 saturated heterocycles. The van der Waals surface area contributed by atoms with Crippen LogP contribution >= 0.6 is 0 Å². The van der Waals surface area contributed by atoms with Gasteiger partial charge in [0.2, 0.25) is 11.8 Å². The SMILES string of the molecule is Cc1ccc(C2=NN(CC(=O)N3CCc4c(CN5CCOCC5)cccc43)C(=O)CO2)cc1. The van der Waals surface area contributed by atoms with Crippen molar-refractivity contribution >= 4 is 23.4 Å². The lowest BCUT2D eigenvalue weighted by Gasteiger charge is -2.27. The van der Waals surface area contributed by atoms with Crippen LogP contribution in [0.5, 0.6) is 0 Å². The smallest absolute Gasteiger partial charge is 0.281 e. The Hall–Kier alpha value is -3.23. The Morgan fingerprint density at radius 3 is 2.64 bits per heavy atom. The highest BCUT2D eigenvalue weighted by Gasteiger charge is 2.31. The quantitative estimate of drug-likeness (QED) is 0.699. The number of amides is 2. The molecule has 0 spiro atoms. The van der Waals surface area contributed by atoms with Crippen molar-refractivity contribution in [3.05, 3.63) is 64.7 Å². The Morgan fingerprint density at radius 2 is 1.85 bits per heavy atom. The van der Waals surface area contributed by atoms with E-state index in [1.807, 2.05) is 43.3 Å². The third-order valence-corrected chi connectivity index (χ3v) is 6.34. The van der Waals surface area contributed by atoms with Crippen molar-refractivity contribution in [2.45, 2.75) is 19.9 Å². The summed E-state index contributed by atoms with van der Waals surface area (Å²) in [4.78, 5) is 29.8. The summed E-state index contributed by atoms with van der Waals surface area (Å²) in [6, 6.07) is 13.9. The molecule has 8 heteroatoms. The van der Waals surface area contributed by atoms with Crippen molar-refractivity contribution in [1.82, 2.24) is 9.91 Å². The third kappa shape index (κ3) is 4.62. The molecule has 3 heterocycles. The van der Waals surface area contributed by atoms with Crippen molar-refractivity contribution in [2.24, 2.45) is 5.10 Å². The number of carbonyl (C=O) groups excluding carboxylic acids is 2. The van der Waals surface area contributed by atoms with E-state index in [2.05, 4.69) is 16.1 Å². The molecule has 5 rings (SSSR count). The minimum Gasteiger partial charge on any atom is -0.466 e. The van der Waals surface area contributed by atoms with Gasteiger partial charge in [-0.2, -0.15) is 0 Å². The van der Waals surface area contributed by atoms with Gasteiger partial charge in [-0.3, -0.25) is 14.5 Å². The van der Waals surface area contributed by atoms with E-state index < -0.39 is 0 Å². The monoisotopic (exact) mass is 448 g/mol. The van der Waals surface area contributed by atoms with Gasteiger partial charge >= 0.3 is 0 Å². The molecule has 0 radical (unpaired) electrons. The van der Waals surface area contributed by atoms with Gasteiger partial charge in [0, 0.05) is 37.4 Å². The molecule has 172 valence electrons. The molecule has 2 aromatic carbocycles. The first kappa shape index (κ1) is 21.6. The topological polar surface area (TPSA) is 74.7 Å². The van der Waals surface area contributed by atoms with Gasteiger partial charge in [-0.1, -0.05) is 29.8 Å². The van der Waals surface area contributed by atoms with E-state index in [0.29, 0.717) is 12.4 Å². The summed E-state index contributed by atoms with van der Waals surface area (Å²) in [6.07, 6.45) is 0.816. The van der Waals surface area contributed by atoms with Crippen molar-refractivity contribution in [2.75, 3.05) is 50.9 Å². The van der Waals surface area contributed by atoms with Crippen LogP contribution in [0.1, 0.15) is 22.3 Å². The second kappa shape index (κ2) is 9.33. The van der Waals surface area contributed by atoms with E-state index in [0.717, 1.165) is 56.1 Å². The zero-order valence-electron chi connectivity index (χ0n) is 18.8. The molecule has 0 aliphatic carbocycles. The summed E-state index contributed by atoms with van der Waals surface area (Å²) in [5.74, 6) is -0.101. The highest BCUT2D eigenvalue weighted by Crippen LogP contribution is 2.32. The summed E-state index contributed by atoms with van der Waals surface area (Å²) < 4.78 is 11.0. The van der Waals surface area contributed by atoms with Crippen LogP contribution in [0, 0.1) is 6.92 Å². The predicted octanol–water partition coefficient (Wildman–Crippen LogP) is 1.94. The fourth-order valence-corrected chi connectivity index (χ4v) is 4.49. The van der Waals surface area contributed by atoms with E-state index in [4.69, 9.17) is 9.47 Å². The van der Waals surface area contributed by atoms with Gasteiger partial charge in [-0.25, -0.2) is 5.01 Å². The van der Waals surface area contributed by atoms with E-state index >= 15 is 0 Å². The number of aryl methyl sites for hydroxylation is 1. The lowest BCUT2D eigenvalue weighted by atomic mass is 10.0. The lowest BCUT2D eigenvalue weighted by molar-refractivity contribution is -0.139. The summed E-state index contributed by atoms with van der Waals surface area (Å²) >= 11 is 0. The van der Waals surface area contributed by atoms with Crippen LogP contribution in [0.4, 0.5) is 5.69 Å². The number of ether oxygens (including phenoxy) is 2. The second-order valence-electron chi connectivity index (χ2n) is 8.61. The minimum atomic E-state index is -0.320. The average Bonchev–Trinajstić information content (AvgIpc) is 3.27. The van der Waals surface area contributed by atoms with E-state index in [1.54, 1.807) is 4.90 Å². The molecule has 0 aromatic heterocycles. The fourth-order valence-electron chi connectivity index (χ4n) is 4.49. The van der Waals surface area contributed by atoms with Crippen LogP contribution in [0.25, 0.3) is 0 Å². The molecule has 2 aromatic rings. The van der Waals surface area contributed by atoms with Gasteiger partial charge < -0.3 is 14.4 Å². The molecular weight excluding hydrogens is 420 g/mol. The molecule has 0 saturated carbocycles. The Kier molecular flexibility index (Phi) is 6.11. The second-order valence-corrected chi connectivity index (χ2v) is 8.61. The van der Waals surface area contributed by atoms with Gasteiger partial charge in [-0.15, -0.1) is 5.10 Å². The predicted molar refractivity (Wildman–Crippen MR) is 124 cm³/mol. The number of anilines is 1. The largest absolute Gasteiger partial charge is 0.466 e. The Labute approximate surface area is 193 Å². The molecule has 3 aliphatic rings. The third-order valence-electron chi connectivity index (χ3n) is 6.34. The minimum absolute atomic E-state index is 0.106. The highest BCUT2D eigenvalue weighted by molar-refractivity contribution is 6.01. The molecule has 0 unspecified atom stereocenters. The number of benzene rings is 2. The maximum absolute atomic E-state index is 13.2. The summed E-state index contributed by atoms with van der Waals surface area (Å²) in [6.45, 7) is 6.62. The molecular formula is C25H28N4O4. The number of morpholine rings is 1. The summed E-state index contributed by atoms with van der Waals surface area (Å²) in [7, 11) is 0. The van der Waals surface area contributed by atoms with Crippen molar-refractivity contribution in [1.29, 1.82) is 0 Å². The molecule has 2 amide bonds. The van der Waals surface area contributed by atoms with Crippen molar-refractivity contribution in [3.8, 4) is 0 Å². The van der Waals surface area contributed by atoms with E-state index in [1.165, 1.54) is 16.1 Å². The van der Waals surface area contributed by atoms with Crippen LogP contribution < -0.4 is 4.90 Å². The van der Waals surface area contributed by atoms with Gasteiger partial charge in [-0.05, 0) is 42.7 Å². The molecule has 1 fully saturated rings. The van der Waals surface area contributed by atoms with Crippen LogP contribution in [-0.4, -0.2) is 73.6 Å². The highest BCUT2D eigenvalue weighted by atomic mass is 16.5. The standard InChI is InChI=1S/C25H28N4O4/c1-18-5-7-19(8-6-18)25-26-29(24(31)17-33-25)16-23(30)28-10-9-21-20(3-2-4-22(21)28)15-27-11-13-32-14-12-27/h2-8H,9-17H2,1H3. The van der Waals surface area contributed by atoms with Gasteiger partial charge in [0.25, 0.3) is 5.91 Å². The summed E-state index contributed by atoms with van der Waals surface area (Å²) in [5.41, 5.74) is 5.32. The fraction of sp³-hybridized carbons (Fsp3) is 0.400. The van der Waals surface area contributed by atoms with Crippen LogP contribution in [-0.2, 0) is 32.0 Å². The number of hydrogen-bond donors (Lipinski definition) is 0. The first-order valence-corrected chi connectivity index (χ1v) is 11.4. The number of hydrogen-bond acceptors (Lipinski definition) is 6. The van der Waals surface area contributed by atoms with Gasteiger partial charge in [0.05, 0.1) is 13.2 Å². The molecule has 0 atom stereocenters. The Bertz CT molecular complexity index is 1080. The first-order valence-electron chi connectivity index (χ1n) is 11.4. The van der Waals surface area contributed by atoms with E-state index in [-0.39, 0.29) is 25.0 Å². The molecule has 0 N–H and O–H groups in total. The maximum Gasteiger partial charge on any atom is 0.281 e.